The highest BCUT2D eigenvalue weighted by Crippen LogP contribution is 2.18. The van der Waals surface area contributed by atoms with E-state index < -0.39 is 11.0 Å². The molecular formula is C19H18N2O4. The molecule has 0 bridgehead atoms. The molecule has 0 unspecified atom stereocenters. The monoisotopic (exact) mass is 338 g/mol. The maximum Gasteiger partial charge on any atom is 0.407 e. The smallest absolute Gasteiger partial charge is 0.407 e. The summed E-state index contributed by atoms with van der Waals surface area (Å²) in [5, 5.41) is 13.6. The van der Waals surface area contributed by atoms with Crippen LogP contribution in [0.15, 0.2) is 48.5 Å². The summed E-state index contributed by atoms with van der Waals surface area (Å²) >= 11 is 0. The van der Waals surface area contributed by atoms with Crippen LogP contribution in [0.5, 0.6) is 0 Å². The van der Waals surface area contributed by atoms with Crippen molar-refractivity contribution >= 4 is 11.8 Å². The number of nitrogens with zero attached hydrogens (tertiary/aromatic N) is 1. The standard InChI is InChI=1S/C19H18N2O4/c1-15-10-11-17(18(13-15)21(23)24)9-5-6-12-20-19(22)25-14-16-7-3-2-4-8-16/h2-4,7-8,10-11,13H,6,12,14H2,1H3,(H,20,22). The van der Waals surface area contributed by atoms with Gasteiger partial charge in [-0.15, -0.1) is 0 Å². The van der Waals surface area contributed by atoms with Gasteiger partial charge in [0.05, 0.1) is 4.92 Å². The van der Waals surface area contributed by atoms with E-state index in [9.17, 15) is 14.9 Å². The van der Waals surface area contributed by atoms with E-state index in [0.29, 0.717) is 18.5 Å². The molecule has 2 aromatic carbocycles. The number of hydrogen-bond donors (Lipinski definition) is 1. The predicted molar refractivity (Wildman–Crippen MR) is 94.0 cm³/mol. The van der Waals surface area contributed by atoms with Gasteiger partial charge in [0.15, 0.2) is 0 Å². The lowest BCUT2D eigenvalue weighted by Gasteiger charge is -2.05. The van der Waals surface area contributed by atoms with Crippen LogP contribution >= 0.6 is 0 Å². The predicted octanol–water partition coefficient (Wildman–Crippen LogP) is 3.57. The Balaban J connectivity index is 1.77. The van der Waals surface area contributed by atoms with E-state index in [1.54, 1.807) is 19.1 Å². The lowest BCUT2D eigenvalue weighted by atomic mass is 10.1. The van der Waals surface area contributed by atoms with Gasteiger partial charge in [0.2, 0.25) is 0 Å². The van der Waals surface area contributed by atoms with Crippen LogP contribution in [0.4, 0.5) is 10.5 Å². The highest BCUT2D eigenvalue weighted by Gasteiger charge is 2.11. The normalized spacial score (nSPS) is 9.64. The Hall–Kier alpha value is -3.33. The van der Waals surface area contributed by atoms with Crippen LogP contribution in [0.2, 0.25) is 0 Å². The van der Waals surface area contributed by atoms with Crippen molar-refractivity contribution in [3.63, 3.8) is 0 Å². The molecule has 0 saturated heterocycles. The lowest BCUT2D eigenvalue weighted by molar-refractivity contribution is -0.385. The Morgan fingerprint density at radius 2 is 2.00 bits per heavy atom. The fourth-order valence-corrected chi connectivity index (χ4v) is 2.06. The summed E-state index contributed by atoms with van der Waals surface area (Å²) < 4.78 is 5.07. The van der Waals surface area contributed by atoms with Gasteiger partial charge < -0.3 is 10.1 Å². The van der Waals surface area contributed by atoms with Gasteiger partial charge in [-0.2, -0.15) is 0 Å². The molecule has 25 heavy (non-hydrogen) atoms. The van der Waals surface area contributed by atoms with Crippen LogP contribution in [0, 0.1) is 28.9 Å². The first kappa shape index (κ1) is 18.0. The van der Waals surface area contributed by atoms with Crippen molar-refractivity contribution in [2.24, 2.45) is 0 Å². The number of hydrogen-bond acceptors (Lipinski definition) is 4. The number of nitro groups is 1. The molecule has 2 rings (SSSR count). The van der Waals surface area contributed by atoms with Gasteiger partial charge in [-0.1, -0.05) is 48.2 Å². The molecule has 6 nitrogen and oxygen atoms in total. The van der Waals surface area contributed by atoms with E-state index in [4.69, 9.17) is 4.74 Å². The van der Waals surface area contributed by atoms with Crippen molar-refractivity contribution in [2.45, 2.75) is 20.0 Å². The third kappa shape index (κ3) is 5.99. The first-order chi connectivity index (χ1) is 12.1. The fourth-order valence-electron chi connectivity index (χ4n) is 2.06. The molecule has 1 N–H and O–H groups in total. The number of carbonyl (C=O) groups excluding carboxylic acids is 1. The average molecular weight is 338 g/mol. The van der Waals surface area contributed by atoms with E-state index in [2.05, 4.69) is 17.2 Å². The lowest BCUT2D eigenvalue weighted by Crippen LogP contribution is -2.24. The van der Waals surface area contributed by atoms with Crippen LogP contribution in [-0.2, 0) is 11.3 Å². The zero-order valence-corrected chi connectivity index (χ0v) is 13.8. The maximum absolute atomic E-state index is 11.6. The van der Waals surface area contributed by atoms with E-state index in [-0.39, 0.29) is 12.3 Å². The number of nitrogens with one attached hydrogen (secondary N) is 1. The number of rotatable bonds is 5. The third-order valence-electron chi connectivity index (χ3n) is 3.31. The number of nitro benzene ring substituents is 1. The molecule has 0 saturated carbocycles. The van der Waals surface area contributed by atoms with Gasteiger partial charge in [0.1, 0.15) is 12.2 Å². The summed E-state index contributed by atoms with van der Waals surface area (Å²) in [7, 11) is 0. The topological polar surface area (TPSA) is 81.5 Å². The molecule has 0 radical (unpaired) electrons. The molecule has 128 valence electrons. The van der Waals surface area contributed by atoms with Gasteiger partial charge in [0, 0.05) is 19.0 Å². The first-order valence-electron chi connectivity index (χ1n) is 7.75. The zero-order valence-electron chi connectivity index (χ0n) is 13.8. The second-order valence-electron chi connectivity index (χ2n) is 5.32. The highest BCUT2D eigenvalue weighted by atomic mass is 16.6. The van der Waals surface area contributed by atoms with Crippen molar-refractivity contribution in [1.82, 2.24) is 5.32 Å². The molecular weight excluding hydrogens is 320 g/mol. The Labute approximate surface area is 146 Å². The van der Waals surface area contributed by atoms with Gasteiger partial charge in [0.25, 0.3) is 5.69 Å². The minimum atomic E-state index is -0.521. The Morgan fingerprint density at radius 1 is 1.24 bits per heavy atom. The number of carbonyl (C=O) groups is 1. The molecule has 1 amide bonds. The van der Waals surface area contributed by atoms with Crippen LogP contribution < -0.4 is 5.32 Å². The SMILES string of the molecule is Cc1ccc(C#CCCNC(=O)OCc2ccccc2)c([N+](=O)[O-])c1. The third-order valence-corrected chi connectivity index (χ3v) is 3.31. The number of amides is 1. The van der Waals surface area contributed by atoms with Crippen molar-refractivity contribution in [1.29, 1.82) is 0 Å². The molecule has 0 fully saturated rings. The molecule has 0 aliphatic heterocycles. The van der Waals surface area contributed by atoms with E-state index in [1.807, 2.05) is 30.3 Å². The number of ether oxygens (including phenoxy) is 1. The molecule has 2 aromatic rings. The first-order valence-corrected chi connectivity index (χ1v) is 7.75. The summed E-state index contributed by atoms with van der Waals surface area (Å²) in [4.78, 5) is 22.1. The summed E-state index contributed by atoms with van der Waals surface area (Å²) in [6.45, 7) is 2.30. The summed E-state index contributed by atoms with van der Waals surface area (Å²) in [5.41, 5.74) is 2.06. The van der Waals surface area contributed by atoms with Crippen molar-refractivity contribution in [3.05, 3.63) is 75.3 Å². The Bertz CT molecular complexity index is 807. The minimum absolute atomic E-state index is 0.0114. The largest absolute Gasteiger partial charge is 0.445 e. The molecule has 0 spiro atoms. The highest BCUT2D eigenvalue weighted by molar-refractivity contribution is 5.67. The van der Waals surface area contributed by atoms with Gasteiger partial charge in [-0.3, -0.25) is 10.1 Å². The van der Waals surface area contributed by atoms with Gasteiger partial charge >= 0.3 is 6.09 Å². The summed E-state index contributed by atoms with van der Waals surface area (Å²) in [5.74, 6) is 5.59. The van der Waals surface area contributed by atoms with E-state index in [1.165, 1.54) is 6.07 Å². The zero-order chi connectivity index (χ0) is 18.1. The molecule has 0 aliphatic carbocycles. The van der Waals surface area contributed by atoms with Crippen LogP contribution in [0.1, 0.15) is 23.1 Å². The second-order valence-corrected chi connectivity index (χ2v) is 5.32. The summed E-state index contributed by atoms with van der Waals surface area (Å²) in [6, 6.07) is 14.3. The molecule has 0 atom stereocenters. The number of benzene rings is 2. The van der Waals surface area contributed by atoms with Gasteiger partial charge in [-0.25, -0.2) is 4.79 Å². The fraction of sp³-hybridized carbons (Fsp3) is 0.211. The average Bonchev–Trinajstić information content (AvgIpc) is 2.61. The second kappa shape index (κ2) is 9.08. The number of alkyl carbamates (subject to hydrolysis) is 1. The number of aryl methyl sites for hydroxylation is 1. The van der Waals surface area contributed by atoms with E-state index >= 15 is 0 Å². The summed E-state index contributed by atoms with van der Waals surface area (Å²) in [6.07, 6.45) is -0.155. The quantitative estimate of drug-likeness (QED) is 0.391. The van der Waals surface area contributed by atoms with Crippen molar-refractivity contribution in [3.8, 4) is 11.8 Å². The van der Waals surface area contributed by atoms with Crippen LogP contribution in [0.25, 0.3) is 0 Å². The molecule has 6 heteroatoms. The van der Waals surface area contributed by atoms with Crippen molar-refractivity contribution < 1.29 is 14.5 Å². The van der Waals surface area contributed by atoms with Crippen LogP contribution in [-0.4, -0.2) is 17.6 Å². The van der Waals surface area contributed by atoms with Crippen LogP contribution in [0.3, 0.4) is 0 Å². The Morgan fingerprint density at radius 3 is 2.72 bits per heavy atom. The molecule has 0 heterocycles. The van der Waals surface area contributed by atoms with Crippen molar-refractivity contribution in [2.75, 3.05) is 6.54 Å². The molecule has 0 aromatic heterocycles. The maximum atomic E-state index is 11.6. The Kier molecular flexibility index (Phi) is 6.55. The van der Waals surface area contributed by atoms with E-state index in [0.717, 1.165) is 11.1 Å². The minimum Gasteiger partial charge on any atom is -0.445 e. The molecule has 0 aliphatic rings. The van der Waals surface area contributed by atoms with Gasteiger partial charge in [-0.05, 0) is 24.1 Å².